The minimum Gasteiger partial charge on any atom is -0.345 e. The van der Waals surface area contributed by atoms with Crippen LogP contribution in [0.15, 0.2) is 72.8 Å². The molecule has 0 aliphatic heterocycles. The third-order valence-corrected chi connectivity index (χ3v) is 9.88. The van der Waals surface area contributed by atoms with E-state index in [0.29, 0.717) is 0 Å². The molecule has 0 bridgehead atoms. The van der Waals surface area contributed by atoms with E-state index >= 15 is 17.6 Å². The van der Waals surface area contributed by atoms with Crippen molar-refractivity contribution in [3.05, 3.63) is 115 Å². The van der Waals surface area contributed by atoms with Crippen molar-refractivity contribution in [3.8, 4) is 0 Å². The maximum Gasteiger partial charge on any atom is 0.380 e. The van der Waals surface area contributed by atoms with Crippen LogP contribution in [0.2, 0.25) is 0 Å². The molecule has 0 fully saturated rings. The summed E-state index contributed by atoms with van der Waals surface area (Å²) < 4.78 is 92.1. The molecule has 2 N–H and O–H groups in total. The first-order valence-electron chi connectivity index (χ1n) is 13.9. The first kappa shape index (κ1) is 32.5. The van der Waals surface area contributed by atoms with E-state index < -0.39 is 63.9 Å². The van der Waals surface area contributed by atoms with E-state index in [1.807, 2.05) is 0 Å². The number of halogens is 6. The number of alkyl halides is 6. The maximum atomic E-state index is 15.5. The summed E-state index contributed by atoms with van der Waals surface area (Å²) in [7, 11) is 0. The molecule has 0 saturated carbocycles. The summed E-state index contributed by atoms with van der Waals surface area (Å²) in [6.07, 6.45) is 0. The van der Waals surface area contributed by atoms with Crippen LogP contribution in [0.4, 0.5) is 26.3 Å². The van der Waals surface area contributed by atoms with Crippen molar-refractivity contribution in [1.82, 2.24) is 10.6 Å². The molecule has 236 valence electrons. The monoisotopic (exact) mass is 662 g/mol. The van der Waals surface area contributed by atoms with Crippen molar-refractivity contribution in [2.75, 3.05) is 0 Å². The molecular formula is C33H28F6N2O2S2. The predicted octanol–water partition coefficient (Wildman–Crippen LogP) is 9.24. The second kappa shape index (κ2) is 11.8. The minimum atomic E-state index is -5.78. The normalized spacial score (nSPS) is 18.0. The van der Waals surface area contributed by atoms with Crippen molar-refractivity contribution in [2.45, 2.75) is 57.5 Å². The molecule has 0 radical (unpaired) electrons. The van der Waals surface area contributed by atoms with Gasteiger partial charge in [0.25, 0.3) is 11.8 Å². The molecule has 4 aromatic rings. The lowest BCUT2D eigenvalue weighted by atomic mass is 9.95. The van der Waals surface area contributed by atoms with E-state index in [2.05, 4.69) is 10.6 Å². The van der Waals surface area contributed by atoms with Crippen LogP contribution < -0.4 is 10.6 Å². The molecule has 1 aliphatic carbocycles. The molecule has 2 aromatic carbocycles. The van der Waals surface area contributed by atoms with E-state index in [-0.39, 0.29) is 19.5 Å². The van der Waals surface area contributed by atoms with Crippen LogP contribution in [0.5, 0.6) is 0 Å². The van der Waals surface area contributed by atoms with Crippen molar-refractivity contribution in [1.29, 1.82) is 0 Å². The summed E-state index contributed by atoms with van der Waals surface area (Å²) in [4.78, 5) is 25.9. The Hall–Kier alpha value is -3.90. The van der Waals surface area contributed by atoms with Crippen LogP contribution in [-0.4, -0.2) is 29.6 Å². The van der Waals surface area contributed by atoms with Crippen LogP contribution in [0.1, 0.15) is 77.3 Å². The highest BCUT2D eigenvalue weighted by atomic mass is 32.1. The Morgan fingerprint density at radius 1 is 0.622 bits per heavy atom. The topological polar surface area (TPSA) is 58.2 Å². The second-order valence-electron chi connectivity index (χ2n) is 10.8. The average molecular weight is 663 g/mol. The molecule has 2 heterocycles. The lowest BCUT2D eigenvalue weighted by molar-refractivity contribution is -0.254. The summed E-state index contributed by atoms with van der Waals surface area (Å²) in [5.41, 5.74) is -2.76. The number of rotatable bonds is 8. The van der Waals surface area contributed by atoms with Gasteiger partial charge in [-0.2, -0.15) is 26.3 Å². The number of carbonyl (C=O) groups is 2. The zero-order chi connectivity index (χ0) is 32.9. The Labute approximate surface area is 263 Å². The van der Waals surface area contributed by atoms with Crippen molar-refractivity contribution < 1.29 is 35.9 Å². The fourth-order valence-electron chi connectivity index (χ4n) is 5.30. The highest BCUT2D eigenvalue weighted by Crippen LogP contribution is 2.65. The van der Waals surface area contributed by atoms with Gasteiger partial charge in [-0.25, -0.2) is 0 Å². The third kappa shape index (κ3) is 5.58. The highest BCUT2D eigenvalue weighted by molar-refractivity contribution is 7.14. The van der Waals surface area contributed by atoms with Crippen LogP contribution >= 0.6 is 22.7 Å². The highest BCUT2D eigenvalue weighted by Gasteiger charge is 2.80. The zero-order valence-corrected chi connectivity index (χ0v) is 26.1. The Balaban J connectivity index is 1.56. The Morgan fingerprint density at radius 2 is 0.956 bits per heavy atom. The quantitative estimate of drug-likeness (QED) is 0.185. The van der Waals surface area contributed by atoms with E-state index in [1.165, 1.54) is 13.8 Å². The van der Waals surface area contributed by atoms with Crippen LogP contribution in [0.3, 0.4) is 0 Å². The number of carbonyl (C=O) groups excluding carboxylic acids is 2. The van der Waals surface area contributed by atoms with Gasteiger partial charge in [0.2, 0.25) is 0 Å². The molecule has 45 heavy (non-hydrogen) atoms. The standard InChI is InChI=1S/C33H28F6N2O2S2/c1-17(21-11-7-5-8-12-21)40-29(42)25-15-23(19(3)44-25)27-28(32(36,37)33(38,39)31(27,34)35)24-16-26(45-20(24)4)30(43)41-18(2)22-13-9-6-10-14-22/h5-18H,1-4H3,(H,40,42)(H,41,43)/t17-,18-/m0/s1. The lowest BCUT2D eigenvalue weighted by Crippen LogP contribution is -2.48. The van der Waals surface area contributed by atoms with Crippen LogP contribution in [0.25, 0.3) is 11.1 Å². The van der Waals surface area contributed by atoms with E-state index in [0.717, 1.165) is 45.9 Å². The van der Waals surface area contributed by atoms with Crippen molar-refractivity contribution >= 4 is 45.6 Å². The van der Waals surface area contributed by atoms with Gasteiger partial charge in [-0.1, -0.05) is 60.7 Å². The first-order valence-corrected chi connectivity index (χ1v) is 15.5. The fourth-order valence-corrected chi connectivity index (χ4v) is 7.16. The molecular weight excluding hydrogens is 634 g/mol. The SMILES string of the molecule is Cc1sc(C(=O)N[C@@H](C)c2ccccc2)cc1C1=C(c2cc(C(=O)N[C@@H](C)c3ccccc3)sc2C)C(F)(F)C(F)(F)C1(F)F. The number of nitrogens with one attached hydrogen (secondary N) is 2. The number of hydrogen-bond acceptors (Lipinski definition) is 4. The van der Waals surface area contributed by atoms with Gasteiger partial charge in [0.1, 0.15) is 0 Å². The summed E-state index contributed by atoms with van der Waals surface area (Å²) in [5, 5.41) is 5.44. The van der Waals surface area contributed by atoms with E-state index in [1.54, 1.807) is 74.5 Å². The number of allylic oxidation sites excluding steroid dienone is 2. The van der Waals surface area contributed by atoms with Gasteiger partial charge in [-0.3, -0.25) is 9.59 Å². The molecule has 0 saturated heterocycles. The lowest BCUT2D eigenvalue weighted by Gasteiger charge is -2.25. The zero-order valence-electron chi connectivity index (χ0n) is 24.5. The fraction of sp³-hybridized carbons (Fsp3) is 0.273. The Morgan fingerprint density at radius 3 is 1.29 bits per heavy atom. The molecule has 2 aromatic heterocycles. The van der Waals surface area contributed by atoms with Crippen LogP contribution in [-0.2, 0) is 0 Å². The number of amides is 2. The number of thiophene rings is 2. The number of benzene rings is 2. The molecule has 4 nitrogen and oxygen atoms in total. The van der Waals surface area contributed by atoms with Gasteiger partial charge < -0.3 is 10.6 Å². The summed E-state index contributed by atoms with van der Waals surface area (Å²) in [6, 6.07) is 18.7. The maximum absolute atomic E-state index is 15.5. The largest absolute Gasteiger partial charge is 0.380 e. The first-order chi connectivity index (χ1) is 21.1. The average Bonchev–Trinajstić information content (AvgIpc) is 3.60. The van der Waals surface area contributed by atoms with Gasteiger partial charge in [0, 0.05) is 20.9 Å². The van der Waals surface area contributed by atoms with Gasteiger partial charge in [-0.05, 0) is 62.1 Å². The van der Waals surface area contributed by atoms with Gasteiger partial charge >= 0.3 is 17.8 Å². The van der Waals surface area contributed by atoms with Gasteiger partial charge in [-0.15, -0.1) is 22.7 Å². The van der Waals surface area contributed by atoms with E-state index in [9.17, 15) is 18.4 Å². The van der Waals surface area contributed by atoms with Crippen LogP contribution in [0, 0.1) is 13.8 Å². The molecule has 2 atom stereocenters. The number of hydrogen-bond donors (Lipinski definition) is 2. The Kier molecular flexibility index (Phi) is 8.52. The predicted molar refractivity (Wildman–Crippen MR) is 164 cm³/mol. The van der Waals surface area contributed by atoms with Gasteiger partial charge in [0.15, 0.2) is 0 Å². The van der Waals surface area contributed by atoms with Gasteiger partial charge in [0.05, 0.1) is 21.8 Å². The molecule has 0 unspecified atom stereocenters. The van der Waals surface area contributed by atoms with Crippen molar-refractivity contribution in [3.63, 3.8) is 0 Å². The van der Waals surface area contributed by atoms with Crippen molar-refractivity contribution in [2.24, 2.45) is 0 Å². The summed E-state index contributed by atoms with van der Waals surface area (Å²) in [6.45, 7) is 6.01. The third-order valence-electron chi connectivity index (χ3n) is 7.78. The summed E-state index contributed by atoms with van der Waals surface area (Å²) in [5.74, 6) is -17.7. The molecule has 1 aliphatic rings. The minimum absolute atomic E-state index is 0.0178. The second-order valence-corrected chi connectivity index (χ2v) is 13.4. The molecule has 2 amide bonds. The molecule has 12 heteroatoms. The van der Waals surface area contributed by atoms with E-state index in [4.69, 9.17) is 0 Å². The molecule has 0 spiro atoms. The Bertz CT molecular complexity index is 1650. The number of aryl methyl sites for hydroxylation is 2. The molecule has 5 rings (SSSR count). The smallest absolute Gasteiger partial charge is 0.345 e. The summed E-state index contributed by atoms with van der Waals surface area (Å²) >= 11 is 1.47.